The Bertz CT molecular complexity index is 306. The van der Waals surface area contributed by atoms with Crippen molar-refractivity contribution in [2.24, 2.45) is 0 Å². The van der Waals surface area contributed by atoms with Crippen LogP contribution in [0, 0.1) is 0 Å². The molecule has 2 unspecified atom stereocenters. The van der Waals surface area contributed by atoms with E-state index in [9.17, 15) is 13.6 Å². The maximum Gasteiger partial charge on any atom is 0.377 e. The Kier molecular flexibility index (Phi) is 4.17. The highest BCUT2D eigenvalue weighted by molar-refractivity contribution is 5.79. The Labute approximate surface area is 106 Å². The topological polar surface area (TPSA) is 41.6 Å². The fourth-order valence-electron chi connectivity index (χ4n) is 2.63. The third-order valence-electron chi connectivity index (χ3n) is 3.52. The summed E-state index contributed by atoms with van der Waals surface area (Å²) in [6.45, 7) is 2.20. The first-order chi connectivity index (χ1) is 8.47. The number of esters is 1. The molecule has 0 amide bonds. The minimum Gasteiger partial charge on any atom is -0.456 e. The van der Waals surface area contributed by atoms with Gasteiger partial charge in [-0.3, -0.25) is 0 Å². The van der Waals surface area contributed by atoms with Crippen LogP contribution in [-0.2, 0) is 9.53 Å². The Morgan fingerprint density at radius 2 is 2.22 bits per heavy atom. The highest BCUT2D eigenvalue weighted by atomic mass is 19.3. The molecule has 2 atom stereocenters. The van der Waals surface area contributed by atoms with Crippen LogP contribution in [0.5, 0.6) is 0 Å². The predicted octanol–water partition coefficient (Wildman–Crippen LogP) is 1.01. The molecule has 0 aromatic heterocycles. The molecule has 2 rings (SSSR count). The van der Waals surface area contributed by atoms with Crippen LogP contribution in [0.15, 0.2) is 0 Å². The third kappa shape index (κ3) is 3.38. The molecule has 4 nitrogen and oxygen atoms in total. The number of likely N-dealkylation sites (N-methyl/N-ethyl adjacent to an activating group) is 1. The average Bonchev–Trinajstić information content (AvgIpc) is 2.53. The van der Waals surface area contributed by atoms with Gasteiger partial charge >= 0.3 is 11.9 Å². The van der Waals surface area contributed by atoms with Gasteiger partial charge in [-0.05, 0) is 26.4 Å². The molecule has 0 aromatic carbocycles. The smallest absolute Gasteiger partial charge is 0.377 e. The van der Waals surface area contributed by atoms with E-state index in [0.717, 1.165) is 19.5 Å². The second kappa shape index (κ2) is 5.48. The van der Waals surface area contributed by atoms with Gasteiger partial charge in [-0.25, -0.2) is 4.79 Å². The summed E-state index contributed by atoms with van der Waals surface area (Å²) in [7, 11) is 1.88. The summed E-state index contributed by atoms with van der Waals surface area (Å²) in [5.74, 6) is -4.68. The van der Waals surface area contributed by atoms with Gasteiger partial charge in [0, 0.05) is 19.1 Å². The molecule has 104 valence electrons. The maximum absolute atomic E-state index is 13.0. The summed E-state index contributed by atoms with van der Waals surface area (Å²) in [5, 5.41) is 3.40. The van der Waals surface area contributed by atoms with Crippen LogP contribution >= 0.6 is 0 Å². The number of carbonyl (C=O) groups is 1. The van der Waals surface area contributed by atoms with Crippen LogP contribution in [0.4, 0.5) is 8.78 Å². The number of carbonyl (C=O) groups excluding carboxylic acids is 1. The summed E-state index contributed by atoms with van der Waals surface area (Å²) in [5.41, 5.74) is 0. The fraction of sp³-hybridized carbons (Fsp3) is 0.917. The Hall–Kier alpha value is -0.750. The number of hydrogen-bond donors (Lipinski definition) is 1. The molecule has 2 aliphatic rings. The first-order valence-corrected chi connectivity index (χ1v) is 6.48. The summed E-state index contributed by atoms with van der Waals surface area (Å²) in [6, 6.07) is 0.418. The van der Waals surface area contributed by atoms with Crippen LogP contribution in [0.2, 0.25) is 0 Å². The normalized spacial score (nSPS) is 31.7. The first-order valence-electron chi connectivity index (χ1n) is 6.48. The maximum atomic E-state index is 13.0. The fourth-order valence-corrected chi connectivity index (χ4v) is 2.63. The van der Waals surface area contributed by atoms with Crippen molar-refractivity contribution in [3.8, 4) is 0 Å². The van der Waals surface area contributed by atoms with E-state index < -0.39 is 24.4 Å². The zero-order valence-electron chi connectivity index (χ0n) is 10.6. The SMILES string of the molecule is CN(CC1CCCCN1)CC1CC(F)(F)C(=O)O1. The van der Waals surface area contributed by atoms with Crippen LogP contribution in [0.1, 0.15) is 25.7 Å². The molecule has 18 heavy (non-hydrogen) atoms. The van der Waals surface area contributed by atoms with Gasteiger partial charge in [0.2, 0.25) is 0 Å². The summed E-state index contributed by atoms with van der Waals surface area (Å²) in [6.07, 6.45) is 2.36. The lowest BCUT2D eigenvalue weighted by atomic mass is 10.0. The zero-order valence-corrected chi connectivity index (χ0v) is 10.6. The summed E-state index contributed by atoms with van der Waals surface area (Å²) < 4.78 is 30.7. The van der Waals surface area contributed by atoms with E-state index in [2.05, 4.69) is 10.1 Å². The molecule has 2 heterocycles. The lowest BCUT2D eigenvalue weighted by Gasteiger charge is -2.29. The molecule has 2 saturated heterocycles. The summed E-state index contributed by atoms with van der Waals surface area (Å²) >= 11 is 0. The van der Waals surface area contributed by atoms with Crippen LogP contribution in [0.25, 0.3) is 0 Å². The molecule has 2 fully saturated rings. The van der Waals surface area contributed by atoms with Crippen LogP contribution in [0.3, 0.4) is 0 Å². The Morgan fingerprint density at radius 1 is 1.44 bits per heavy atom. The van der Waals surface area contributed by atoms with Crippen molar-refractivity contribution in [1.82, 2.24) is 10.2 Å². The number of nitrogens with one attached hydrogen (secondary N) is 1. The van der Waals surface area contributed by atoms with Crippen molar-refractivity contribution in [1.29, 1.82) is 0 Å². The molecular formula is C12H20F2N2O2. The molecular weight excluding hydrogens is 242 g/mol. The molecule has 0 saturated carbocycles. The van der Waals surface area contributed by atoms with Gasteiger partial charge in [0.25, 0.3) is 0 Å². The number of piperidine rings is 1. The van der Waals surface area contributed by atoms with Crippen molar-refractivity contribution in [2.45, 2.75) is 43.8 Å². The lowest BCUT2D eigenvalue weighted by molar-refractivity contribution is -0.159. The van der Waals surface area contributed by atoms with Crippen molar-refractivity contribution in [3.05, 3.63) is 0 Å². The number of halogens is 2. The van der Waals surface area contributed by atoms with Gasteiger partial charge < -0.3 is 15.0 Å². The second-order valence-corrected chi connectivity index (χ2v) is 5.30. The van der Waals surface area contributed by atoms with Gasteiger partial charge in [-0.1, -0.05) is 6.42 Å². The molecule has 2 aliphatic heterocycles. The molecule has 1 N–H and O–H groups in total. The average molecular weight is 262 g/mol. The van der Waals surface area contributed by atoms with E-state index in [0.29, 0.717) is 12.6 Å². The van der Waals surface area contributed by atoms with E-state index in [1.54, 1.807) is 0 Å². The van der Waals surface area contributed by atoms with Gasteiger partial charge in [0.05, 0.1) is 6.42 Å². The van der Waals surface area contributed by atoms with Crippen molar-refractivity contribution >= 4 is 5.97 Å². The van der Waals surface area contributed by atoms with E-state index in [1.165, 1.54) is 12.8 Å². The minimum absolute atomic E-state index is 0.375. The first kappa shape index (κ1) is 13.7. The Balaban J connectivity index is 1.74. The third-order valence-corrected chi connectivity index (χ3v) is 3.52. The van der Waals surface area contributed by atoms with E-state index in [1.807, 2.05) is 11.9 Å². The van der Waals surface area contributed by atoms with Gasteiger partial charge in [0.1, 0.15) is 6.10 Å². The number of cyclic esters (lactones) is 1. The van der Waals surface area contributed by atoms with E-state index >= 15 is 0 Å². The number of rotatable bonds is 4. The van der Waals surface area contributed by atoms with E-state index in [-0.39, 0.29) is 0 Å². The van der Waals surface area contributed by atoms with Gasteiger partial charge in [-0.15, -0.1) is 0 Å². The molecule has 0 aromatic rings. The van der Waals surface area contributed by atoms with Crippen molar-refractivity contribution < 1.29 is 18.3 Å². The van der Waals surface area contributed by atoms with E-state index in [4.69, 9.17) is 0 Å². The largest absolute Gasteiger partial charge is 0.456 e. The lowest BCUT2D eigenvalue weighted by Crippen LogP contribution is -2.44. The molecule has 0 radical (unpaired) electrons. The van der Waals surface area contributed by atoms with Crippen LogP contribution < -0.4 is 5.32 Å². The zero-order chi connectivity index (χ0) is 13.2. The quantitative estimate of drug-likeness (QED) is 0.768. The van der Waals surface area contributed by atoms with Gasteiger partial charge in [-0.2, -0.15) is 8.78 Å². The molecule has 0 spiro atoms. The number of alkyl halides is 2. The van der Waals surface area contributed by atoms with Gasteiger partial charge in [0.15, 0.2) is 0 Å². The highest BCUT2D eigenvalue weighted by Gasteiger charge is 2.50. The number of hydrogen-bond acceptors (Lipinski definition) is 4. The van der Waals surface area contributed by atoms with Crippen LogP contribution in [-0.4, -0.2) is 55.6 Å². The minimum atomic E-state index is -3.30. The molecule has 0 bridgehead atoms. The second-order valence-electron chi connectivity index (χ2n) is 5.30. The Morgan fingerprint density at radius 3 is 2.78 bits per heavy atom. The molecule has 0 aliphatic carbocycles. The standard InChI is InChI=1S/C12H20F2N2O2/c1-16(7-9-4-2-3-5-15-9)8-10-6-12(13,14)11(17)18-10/h9-10,15H,2-8H2,1H3. The highest BCUT2D eigenvalue weighted by Crippen LogP contribution is 2.31. The number of ether oxygens (including phenoxy) is 1. The monoisotopic (exact) mass is 262 g/mol. The van der Waals surface area contributed by atoms with Crippen molar-refractivity contribution in [2.75, 3.05) is 26.7 Å². The molecule has 6 heteroatoms. The van der Waals surface area contributed by atoms with Crippen molar-refractivity contribution in [3.63, 3.8) is 0 Å². The predicted molar refractivity (Wildman–Crippen MR) is 62.6 cm³/mol. The summed E-state index contributed by atoms with van der Waals surface area (Å²) in [4.78, 5) is 12.8. The number of nitrogens with zero attached hydrogens (tertiary/aromatic N) is 1.